The van der Waals surface area contributed by atoms with Gasteiger partial charge in [0.1, 0.15) is 0 Å². The molecule has 1 heterocycles. The number of nitrogens with one attached hydrogen (secondary N) is 1. The Hall–Kier alpha value is -0.760. The number of benzene rings is 1. The van der Waals surface area contributed by atoms with Gasteiger partial charge in [-0.2, -0.15) is 0 Å². The maximum atomic E-state index is 3.91. The summed E-state index contributed by atoms with van der Waals surface area (Å²) in [5, 5.41) is 3.56. The van der Waals surface area contributed by atoms with Crippen LogP contribution in [0.5, 0.6) is 0 Å². The lowest BCUT2D eigenvalue weighted by Gasteiger charge is -2.28. The first-order valence-electron chi connectivity index (χ1n) is 5.21. The molecule has 0 fully saturated rings. The monoisotopic (exact) mass is 265 g/mol. The lowest BCUT2D eigenvalue weighted by atomic mass is 9.83. The summed E-state index contributed by atoms with van der Waals surface area (Å²) < 4.78 is 1.15. The first kappa shape index (κ1) is 10.7. The molecule has 0 saturated carbocycles. The predicted octanol–water partition coefficient (Wildman–Crippen LogP) is 4.00. The number of anilines is 1. The highest BCUT2D eigenvalue weighted by atomic mass is 79.9. The molecule has 2 rings (SSSR count). The second-order valence-electron chi connectivity index (χ2n) is 4.73. The minimum Gasteiger partial charge on any atom is -0.381 e. The molecular formula is C13H16BrN. The van der Waals surface area contributed by atoms with Gasteiger partial charge in [-0.25, -0.2) is 0 Å². The molecular weight excluding hydrogens is 250 g/mol. The Morgan fingerprint density at radius 3 is 2.93 bits per heavy atom. The van der Waals surface area contributed by atoms with Crippen LogP contribution >= 0.6 is 15.9 Å². The van der Waals surface area contributed by atoms with E-state index in [4.69, 9.17) is 0 Å². The van der Waals surface area contributed by atoms with Gasteiger partial charge in [-0.15, -0.1) is 6.58 Å². The van der Waals surface area contributed by atoms with E-state index in [2.05, 4.69) is 59.9 Å². The predicted molar refractivity (Wildman–Crippen MR) is 69.2 cm³/mol. The molecule has 0 unspecified atom stereocenters. The molecule has 0 bridgehead atoms. The van der Waals surface area contributed by atoms with Gasteiger partial charge >= 0.3 is 0 Å². The number of halogens is 1. The molecule has 1 N–H and O–H groups in total. The normalized spacial score (nSPS) is 19.5. The summed E-state index contributed by atoms with van der Waals surface area (Å²) in [5.74, 6) is 0. The van der Waals surface area contributed by atoms with E-state index >= 15 is 0 Å². The Morgan fingerprint density at radius 1 is 1.53 bits per heavy atom. The number of rotatable bonds is 2. The van der Waals surface area contributed by atoms with Crippen molar-refractivity contribution in [2.24, 2.45) is 5.41 Å². The van der Waals surface area contributed by atoms with E-state index in [9.17, 15) is 0 Å². The largest absolute Gasteiger partial charge is 0.381 e. The van der Waals surface area contributed by atoms with Gasteiger partial charge in [0.25, 0.3) is 0 Å². The lowest BCUT2D eigenvalue weighted by molar-refractivity contribution is 0.403. The van der Waals surface area contributed by atoms with Gasteiger partial charge in [0.05, 0.1) is 0 Å². The zero-order chi connectivity index (χ0) is 11.1. The number of hydrogen-bond donors (Lipinski definition) is 1. The first-order valence-corrected chi connectivity index (χ1v) is 6.01. The zero-order valence-electron chi connectivity index (χ0n) is 9.18. The summed E-state index contributed by atoms with van der Waals surface area (Å²) in [6, 6.07) is 6.87. The second-order valence-corrected chi connectivity index (χ2v) is 5.64. The van der Waals surface area contributed by atoms with Crippen molar-refractivity contribution in [3.8, 4) is 0 Å². The van der Waals surface area contributed by atoms with Crippen molar-refractivity contribution < 1.29 is 0 Å². The summed E-state index contributed by atoms with van der Waals surface area (Å²) in [6.07, 6.45) is 3.11. The highest BCUT2D eigenvalue weighted by Crippen LogP contribution is 2.36. The highest BCUT2D eigenvalue weighted by Gasteiger charge is 2.31. The molecule has 0 radical (unpaired) electrons. The van der Waals surface area contributed by atoms with Crippen molar-refractivity contribution in [1.29, 1.82) is 0 Å². The van der Waals surface area contributed by atoms with Crippen molar-refractivity contribution in [2.45, 2.75) is 26.3 Å². The molecule has 1 nitrogen and oxygen atoms in total. The van der Waals surface area contributed by atoms with Crippen molar-refractivity contribution >= 4 is 21.6 Å². The smallest absolute Gasteiger partial charge is 0.0387 e. The molecule has 0 spiro atoms. The van der Waals surface area contributed by atoms with E-state index in [1.54, 1.807) is 0 Å². The lowest BCUT2D eigenvalue weighted by Crippen LogP contribution is -2.32. The number of fused-ring (bicyclic) bond motifs is 1. The van der Waals surface area contributed by atoms with Crippen LogP contribution in [0.25, 0.3) is 0 Å². The van der Waals surface area contributed by atoms with E-state index in [1.807, 2.05) is 6.08 Å². The van der Waals surface area contributed by atoms with Crippen molar-refractivity contribution in [3.05, 3.63) is 40.9 Å². The van der Waals surface area contributed by atoms with Crippen molar-refractivity contribution in [2.75, 3.05) is 5.32 Å². The molecule has 1 aliphatic heterocycles. The van der Waals surface area contributed by atoms with Gasteiger partial charge in [-0.05, 0) is 30.2 Å². The van der Waals surface area contributed by atoms with Crippen LogP contribution in [0.1, 0.15) is 19.4 Å². The topological polar surface area (TPSA) is 12.0 Å². The average Bonchev–Trinajstić information content (AvgIpc) is 2.61. The molecule has 2 heteroatoms. The Bertz CT molecular complexity index is 396. The van der Waals surface area contributed by atoms with Crippen LogP contribution in [-0.4, -0.2) is 6.04 Å². The molecule has 1 aliphatic rings. The molecule has 1 aromatic carbocycles. The molecule has 0 aliphatic carbocycles. The Balaban J connectivity index is 2.26. The third-order valence-corrected chi connectivity index (χ3v) is 3.74. The van der Waals surface area contributed by atoms with E-state index in [1.165, 1.54) is 11.3 Å². The van der Waals surface area contributed by atoms with Crippen LogP contribution < -0.4 is 5.32 Å². The summed E-state index contributed by atoms with van der Waals surface area (Å²) in [4.78, 5) is 0. The molecule has 0 saturated heterocycles. The maximum absolute atomic E-state index is 3.91. The average molecular weight is 266 g/mol. The summed E-state index contributed by atoms with van der Waals surface area (Å²) >= 11 is 3.50. The first-order chi connectivity index (χ1) is 7.03. The van der Waals surface area contributed by atoms with Crippen molar-refractivity contribution in [3.63, 3.8) is 0 Å². The fraction of sp³-hybridized carbons (Fsp3) is 0.385. The quantitative estimate of drug-likeness (QED) is 0.798. The van der Waals surface area contributed by atoms with E-state index in [0.717, 1.165) is 10.9 Å². The molecule has 15 heavy (non-hydrogen) atoms. The van der Waals surface area contributed by atoms with E-state index in [0.29, 0.717) is 6.04 Å². The maximum Gasteiger partial charge on any atom is 0.0387 e. The standard InChI is InChI=1S/C13H16BrN/c1-4-13(2,3)12-8-9-7-10(14)5-6-11(9)15-12/h4-7,12,15H,1,8H2,2-3H3/t12-/m0/s1. The Labute approximate surface area is 99.7 Å². The number of hydrogen-bond acceptors (Lipinski definition) is 1. The fourth-order valence-corrected chi connectivity index (χ4v) is 2.33. The summed E-state index contributed by atoms with van der Waals surface area (Å²) in [6.45, 7) is 8.35. The van der Waals surface area contributed by atoms with Crippen LogP contribution in [0, 0.1) is 5.41 Å². The van der Waals surface area contributed by atoms with Crippen LogP contribution in [0.3, 0.4) is 0 Å². The van der Waals surface area contributed by atoms with Gasteiger partial charge in [-0.3, -0.25) is 0 Å². The highest BCUT2D eigenvalue weighted by molar-refractivity contribution is 9.10. The van der Waals surface area contributed by atoms with Crippen LogP contribution in [0.15, 0.2) is 35.3 Å². The van der Waals surface area contributed by atoms with Gasteiger partial charge in [0, 0.05) is 21.6 Å². The Kier molecular flexibility index (Phi) is 2.63. The van der Waals surface area contributed by atoms with E-state index in [-0.39, 0.29) is 5.41 Å². The minimum atomic E-state index is 0.130. The van der Waals surface area contributed by atoms with Crippen LogP contribution in [0.4, 0.5) is 5.69 Å². The summed E-state index contributed by atoms with van der Waals surface area (Å²) in [5.41, 5.74) is 2.79. The third-order valence-electron chi connectivity index (χ3n) is 3.25. The SMILES string of the molecule is C=CC(C)(C)[C@@H]1Cc2cc(Br)ccc2N1. The molecule has 0 amide bonds. The molecule has 80 valence electrons. The molecule has 1 atom stereocenters. The third kappa shape index (κ3) is 1.96. The van der Waals surface area contributed by atoms with Crippen molar-refractivity contribution in [1.82, 2.24) is 0 Å². The van der Waals surface area contributed by atoms with Gasteiger partial charge in [0.15, 0.2) is 0 Å². The van der Waals surface area contributed by atoms with Crippen LogP contribution in [0.2, 0.25) is 0 Å². The minimum absolute atomic E-state index is 0.130. The molecule has 0 aromatic heterocycles. The molecule has 1 aromatic rings. The zero-order valence-corrected chi connectivity index (χ0v) is 10.8. The second kappa shape index (κ2) is 3.67. The van der Waals surface area contributed by atoms with Gasteiger partial charge < -0.3 is 5.32 Å². The van der Waals surface area contributed by atoms with Gasteiger partial charge in [-0.1, -0.05) is 35.9 Å². The summed E-state index contributed by atoms with van der Waals surface area (Å²) in [7, 11) is 0. The van der Waals surface area contributed by atoms with Gasteiger partial charge in [0.2, 0.25) is 0 Å². The van der Waals surface area contributed by atoms with Crippen LogP contribution in [-0.2, 0) is 6.42 Å². The Morgan fingerprint density at radius 2 is 2.27 bits per heavy atom. The van der Waals surface area contributed by atoms with E-state index < -0.39 is 0 Å². The fourth-order valence-electron chi connectivity index (χ4n) is 1.92.